The zero-order valence-corrected chi connectivity index (χ0v) is 12.2. The molecular weight excluding hydrogens is 272 g/mol. The van der Waals surface area contributed by atoms with Crippen LogP contribution in [0.5, 0.6) is 0 Å². The predicted octanol–water partition coefficient (Wildman–Crippen LogP) is 4.43. The van der Waals surface area contributed by atoms with Crippen LogP contribution < -0.4 is 5.22 Å². The van der Waals surface area contributed by atoms with Gasteiger partial charge in [0.05, 0.1) is 0 Å². The molecule has 0 aromatic heterocycles. The van der Waals surface area contributed by atoms with Gasteiger partial charge in [0.1, 0.15) is 0 Å². The molecule has 0 heterocycles. The maximum absolute atomic E-state index is 5.66. The molecular formula is C20H12S. The first-order valence-corrected chi connectivity index (χ1v) is 7.63. The van der Waals surface area contributed by atoms with Crippen molar-refractivity contribution in [3.8, 4) is 0 Å². The molecule has 0 nitrogen and oxygen atoms in total. The Labute approximate surface area is 128 Å². The second-order valence-electron chi connectivity index (χ2n) is 5.71. The summed E-state index contributed by atoms with van der Waals surface area (Å²) in [4.78, 5) is 0.962. The van der Waals surface area contributed by atoms with Gasteiger partial charge in [-0.25, -0.2) is 0 Å². The van der Waals surface area contributed by atoms with Gasteiger partial charge in [-0.2, -0.15) is 0 Å². The minimum absolute atomic E-state index is 0.357. The minimum atomic E-state index is 0.357. The summed E-state index contributed by atoms with van der Waals surface area (Å²) in [6, 6.07) is 13.1. The number of rotatable bonds is 0. The van der Waals surface area contributed by atoms with Crippen LogP contribution in [0.3, 0.4) is 0 Å². The van der Waals surface area contributed by atoms with Gasteiger partial charge in [-0.05, 0) is 38.4 Å². The van der Waals surface area contributed by atoms with Crippen LogP contribution in [0.2, 0.25) is 0 Å². The van der Waals surface area contributed by atoms with Crippen LogP contribution in [-0.4, -0.2) is 4.86 Å². The summed E-state index contributed by atoms with van der Waals surface area (Å²) in [6.45, 7) is 0. The monoisotopic (exact) mass is 284 g/mol. The zero-order valence-electron chi connectivity index (χ0n) is 11.3. The normalized spacial score (nSPS) is 19.0. The van der Waals surface area contributed by atoms with E-state index in [1.165, 1.54) is 37.9 Å². The molecule has 3 aromatic rings. The Hall–Kier alpha value is -2.25. The molecule has 2 aliphatic rings. The molecule has 0 spiro atoms. The Bertz CT molecular complexity index is 1050. The highest BCUT2D eigenvalue weighted by molar-refractivity contribution is 7.81. The molecule has 0 aliphatic heterocycles. The van der Waals surface area contributed by atoms with Gasteiger partial charge < -0.3 is 0 Å². The van der Waals surface area contributed by atoms with E-state index in [4.69, 9.17) is 12.2 Å². The number of benzene rings is 3. The van der Waals surface area contributed by atoms with Gasteiger partial charge in [-0.3, -0.25) is 0 Å². The summed E-state index contributed by atoms with van der Waals surface area (Å²) in [6.07, 6.45) is 11.0. The minimum Gasteiger partial charge on any atom is -0.0794 e. The fourth-order valence-electron chi connectivity index (χ4n) is 3.79. The molecule has 1 atom stereocenters. The van der Waals surface area contributed by atoms with Crippen LogP contribution >= 0.6 is 12.2 Å². The lowest BCUT2D eigenvalue weighted by Gasteiger charge is -2.25. The topological polar surface area (TPSA) is 0 Å². The molecule has 0 amide bonds. The fourth-order valence-corrected chi connectivity index (χ4v) is 4.09. The summed E-state index contributed by atoms with van der Waals surface area (Å²) in [5, 5.41) is 6.62. The van der Waals surface area contributed by atoms with E-state index in [9.17, 15) is 0 Å². The van der Waals surface area contributed by atoms with Crippen LogP contribution in [0.25, 0.3) is 27.6 Å². The second kappa shape index (κ2) is 3.90. The largest absolute Gasteiger partial charge is 0.0794 e. The number of thiocarbonyl (C=S) groups is 1. The highest BCUT2D eigenvalue weighted by Crippen LogP contribution is 2.36. The van der Waals surface area contributed by atoms with E-state index in [0.717, 1.165) is 4.86 Å². The van der Waals surface area contributed by atoms with Crippen molar-refractivity contribution in [1.82, 2.24) is 0 Å². The third-order valence-corrected chi connectivity index (χ3v) is 4.98. The van der Waals surface area contributed by atoms with Crippen molar-refractivity contribution in [3.05, 3.63) is 77.0 Å². The Balaban J connectivity index is 2.19. The first-order valence-electron chi connectivity index (χ1n) is 7.22. The summed E-state index contributed by atoms with van der Waals surface area (Å²) in [7, 11) is 0. The molecule has 21 heavy (non-hydrogen) atoms. The predicted molar refractivity (Wildman–Crippen MR) is 93.9 cm³/mol. The quantitative estimate of drug-likeness (QED) is 0.550. The molecule has 2 aliphatic carbocycles. The molecule has 0 fully saturated rings. The summed E-state index contributed by atoms with van der Waals surface area (Å²) in [5.74, 6) is 0.357. The van der Waals surface area contributed by atoms with Crippen molar-refractivity contribution in [3.63, 3.8) is 0 Å². The summed E-state index contributed by atoms with van der Waals surface area (Å²) < 4.78 is 0. The highest BCUT2D eigenvalue weighted by Gasteiger charge is 2.24. The van der Waals surface area contributed by atoms with Gasteiger partial charge in [-0.1, -0.05) is 72.9 Å². The third-order valence-electron chi connectivity index (χ3n) is 4.64. The van der Waals surface area contributed by atoms with E-state index >= 15 is 0 Å². The Morgan fingerprint density at radius 2 is 1.71 bits per heavy atom. The van der Waals surface area contributed by atoms with E-state index in [-0.39, 0.29) is 0 Å². The smallest absolute Gasteiger partial charge is 0.0456 e. The third kappa shape index (κ3) is 1.37. The standard InChI is InChI=1S/C20H12S/c21-17-11-10-13-6-2-8-15-14-7-1-4-12-5-3-9-16(18(12)14)20(17)19(13)15/h1-11,13H. The Morgan fingerprint density at radius 1 is 0.905 bits per heavy atom. The molecule has 3 aromatic carbocycles. The Morgan fingerprint density at radius 3 is 2.57 bits per heavy atom. The molecule has 0 saturated carbocycles. The average molecular weight is 284 g/mol. The van der Waals surface area contributed by atoms with Crippen molar-refractivity contribution in [2.75, 3.05) is 0 Å². The van der Waals surface area contributed by atoms with E-state index < -0.39 is 0 Å². The average Bonchev–Trinajstić information content (AvgIpc) is 2.53. The molecule has 5 rings (SSSR count). The van der Waals surface area contributed by atoms with Crippen LogP contribution in [0.4, 0.5) is 0 Å². The van der Waals surface area contributed by atoms with Crippen LogP contribution in [0.1, 0.15) is 17.0 Å². The number of hydrogen-bond donors (Lipinski definition) is 0. The molecule has 0 bridgehead atoms. The first kappa shape index (κ1) is 11.4. The van der Waals surface area contributed by atoms with Gasteiger partial charge in [0.25, 0.3) is 0 Å². The lowest BCUT2D eigenvalue weighted by molar-refractivity contribution is 1.06. The number of fused-ring (bicyclic) bond motifs is 2. The van der Waals surface area contributed by atoms with E-state index in [1.807, 2.05) is 0 Å². The summed E-state index contributed by atoms with van der Waals surface area (Å²) >= 11 is 5.66. The maximum Gasteiger partial charge on any atom is 0.0456 e. The van der Waals surface area contributed by atoms with Crippen molar-refractivity contribution in [2.45, 2.75) is 5.92 Å². The molecule has 0 saturated heterocycles. The van der Waals surface area contributed by atoms with E-state index in [0.29, 0.717) is 5.92 Å². The SMILES string of the molecule is S=C1C=CC2C=CC=c3c2c1c1cccc2cccc3c21. The van der Waals surface area contributed by atoms with Gasteiger partial charge >= 0.3 is 0 Å². The zero-order chi connectivity index (χ0) is 14.0. The van der Waals surface area contributed by atoms with Crippen molar-refractivity contribution >= 4 is 44.7 Å². The van der Waals surface area contributed by atoms with Crippen LogP contribution in [0.15, 0.2) is 60.7 Å². The van der Waals surface area contributed by atoms with Gasteiger partial charge in [0.2, 0.25) is 0 Å². The molecule has 98 valence electrons. The summed E-state index contributed by atoms with van der Waals surface area (Å²) in [5.41, 5.74) is 2.65. The van der Waals surface area contributed by atoms with Crippen LogP contribution in [0, 0.1) is 0 Å². The number of hydrogen-bond acceptors (Lipinski definition) is 1. The van der Waals surface area contributed by atoms with Crippen molar-refractivity contribution in [1.29, 1.82) is 0 Å². The lowest BCUT2D eigenvalue weighted by Crippen LogP contribution is -2.23. The molecule has 1 heteroatoms. The van der Waals surface area contributed by atoms with Gasteiger partial charge in [0.15, 0.2) is 0 Å². The van der Waals surface area contributed by atoms with Crippen molar-refractivity contribution in [2.24, 2.45) is 0 Å². The highest BCUT2D eigenvalue weighted by atomic mass is 32.1. The maximum atomic E-state index is 5.66. The van der Waals surface area contributed by atoms with Crippen molar-refractivity contribution < 1.29 is 0 Å². The molecule has 0 N–H and O–H groups in total. The first-order chi connectivity index (χ1) is 10.3. The Kier molecular flexibility index (Phi) is 2.12. The van der Waals surface area contributed by atoms with Gasteiger partial charge in [0, 0.05) is 16.3 Å². The van der Waals surface area contributed by atoms with E-state index in [1.54, 1.807) is 0 Å². The van der Waals surface area contributed by atoms with Gasteiger partial charge in [-0.15, -0.1) is 0 Å². The lowest BCUT2D eigenvalue weighted by atomic mass is 9.79. The molecule has 1 unspecified atom stereocenters. The fraction of sp³-hybridized carbons (Fsp3) is 0.0500. The van der Waals surface area contributed by atoms with Crippen LogP contribution in [-0.2, 0) is 0 Å². The second-order valence-corrected chi connectivity index (χ2v) is 6.15. The molecule has 0 radical (unpaired) electrons. The van der Waals surface area contributed by atoms with E-state index in [2.05, 4.69) is 66.8 Å². The number of allylic oxidation sites excluding steroid dienone is 4.